The first-order valence-corrected chi connectivity index (χ1v) is 6.48. The Morgan fingerprint density at radius 2 is 2.05 bits per heavy atom. The SMILES string of the molecule is CC(C)COc1cc(-c2nn[nH]c2C#N)cc(C(F)(F)F)c1. The highest BCUT2D eigenvalue weighted by Gasteiger charge is 2.32. The molecule has 1 N–H and O–H groups in total. The molecule has 2 rings (SSSR count). The molecule has 0 aliphatic carbocycles. The lowest BCUT2D eigenvalue weighted by Gasteiger charge is -2.13. The summed E-state index contributed by atoms with van der Waals surface area (Å²) in [4.78, 5) is 0. The van der Waals surface area contributed by atoms with E-state index >= 15 is 0 Å². The van der Waals surface area contributed by atoms with Gasteiger partial charge in [-0.1, -0.05) is 19.1 Å². The normalized spacial score (nSPS) is 11.5. The number of nitrogens with one attached hydrogen (secondary N) is 1. The summed E-state index contributed by atoms with van der Waals surface area (Å²) in [5, 5.41) is 18.4. The lowest BCUT2D eigenvalue weighted by Crippen LogP contribution is -2.08. The number of aromatic nitrogens is 3. The molecule has 0 saturated carbocycles. The first-order chi connectivity index (χ1) is 10.3. The Bertz CT molecular complexity index is 701. The molecule has 0 radical (unpaired) electrons. The fourth-order valence-corrected chi connectivity index (χ4v) is 1.75. The zero-order valence-corrected chi connectivity index (χ0v) is 11.9. The van der Waals surface area contributed by atoms with Crippen molar-refractivity contribution in [3.63, 3.8) is 0 Å². The van der Waals surface area contributed by atoms with Crippen LogP contribution >= 0.6 is 0 Å². The topological polar surface area (TPSA) is 74.6 Å². The number of benzene rings is 1. The summed E-state index contributed by atoms with van der Waals surface area (Å²) >= 11 is 0. The summed E-state index contributed by atoms with van der Waals surface area (Å²) in [5.74, 6) is 0.241. The van der Waals surface area contributed by atoms with Crippen molar-refractivity contribution in [3.05, 3.63) is 29.5 Å². The van der Waals surface area contributed by atoms with Gasteiger partial charge in [-0.2, -0.15) is 18.4 Å². The number of alkyl halides is 3. The van der Waals surface area contributed by atoms with Crippen LogP contribution in [0.15, 0.2) is 18.2 Å². The first kappa shape index (κ1) is 15.8. The third-order valence-electron chi connectivity index (χ3n) is 2.75. The van der Waals surface area contributed by atoms with E-state index in [9.17, 15) is 13.2 Å². The summed E-state index contributed by atoms with van der Waals surface area (Å²) < 4.78 is 44.4. The maximum atomic E-state index is 13.0. The fourth-order valence-electron chi connectivity index (χ4n) is 1.75. The van der Waals surface area contributed by atoms with E-state index in [4.69, 9.17) is 10.00 Å². The molecule has 0 spiro atoms. The van der Waals surface area contributed by atoms with E-state index in [1.165, 1.54) is 6.07 Å². The van der Waals surface area contributed by atoms with Gasteiger partial charge in [0.15, 0.2) is 5.69 Å². The molecule has 0 aliphatic rings. The maximum absolute atomic E-state index is 13.0. The van der Waals surface area contributed by atoms with Gasteiger partial charge in [0.25, 0.3) is 0 Å². The number of rotatable bonds is 4. The fraction of sp³-hybridized carbons (Fsp3) is 0.357. The maximum Gasteiger partial charge on any atom is 0.416 e. The molecule has 2 aromatic rings. The smallest absolute Gasteiger partial charge is 0.416 e. The summed E-state index contributed by atoms with van der Waals surface area (Å²) in [6, 6.07) is 5.06. The lowest BCUT2D eigenvalue weighted by molar-refractivity contribution is -0.137. The molecule has 0 unspecified atom stereocenters. The van der Waals surface area contributed by atoms with Crippen LogP contribution in [0.5, 0.6) is 5.75 Å². The highest BCUT2D eigenvalue weighted by Crippen LogP contribution is 2.35. The molecule has 8 heteroatoms. The van der Waals surface area contributed by atoms with Gasteiger partial charge in [0, 0.05) is 5.56 Å². The van der Waals surface area contributed by atoms with Crippen LogP contribution in [0.3, 0.4) is 0 Å². The van der Waals surface area contributed by atoms with Gasteiger partial charge < -0.3 is 4.74 Å². The van der Waals surface area contributed by atoms with E-state index in [1.54, 1.807) is 6.07 Å². The van der Waals surface area contributed by atoms with Crippen LogP contribution in [-0.2, 0) is 6.18 Å². The van der Waals surface area contributed by atoms with Crippen LogP contribution in [0.2, 0.25) is 0 Å². The van der Waals surface area contributed by atoms with Gasteiger partial charge in [-0.25, -0.2) is 5.10 Å². The van der Waals surface area contributed by atoms with Crippen LogP contribution in [-0.4, -0.2) is 22.0 Å². The molecular weight excluding hydrogens is 297 g/mol. The summed E-state index contributed by atoms with van der Waals surface area (Å²) in [6.45, 7) is 4.06. The van der Waals surface area contributed by atoms with Crippen molar-refractivity contribution in [2.75, 3.05) is 6.61 Å². The van der Waals surface area contributed by atoms with Gasteiger partial charge in [-0.05, 0) is 24.1 Å². The highest BCUT2D eigenvalue weighted by atomic mass is 19.4. The monoisotopic (exact) mass is 310 g/mol. The van der Waals surface area contributed by atoms with Crippen molar-refractivity contribution in [2.45, 2.75) is 20.0 Å². The Balaban J connectivity index is 2.49. The quantitative estimate of drug-likeness (QED) is 0.939. The molecule has 5 nitrogen and oxygen atoms in total. The van der Waals surface area contributed by atoms with E-state index in [0.717, 1.165) is 12.1 Å². The Hall–Kier alpha value is -2.56. The molecule has 0 amide bonds. The summed E-state index contributed by atoms with van der Waals surface area (Å²) in [6.07, 6.45) is -4.53. The molecule has 1 aromatic heterocycles. The van der Waals surface area contributed by atoms with Crippen LogP contribution in [0.1, 0.15) is 25.1 Å². The van der Waals surface area contributed by atoms with Crippen molar-refractivity contribution in [1.29, 1.82) is 5.26 Å². The number of hydrogen-bond donors (Lipinski definition) is 1. The van der Waals surface area contributed by atoms with Crippen molar-refractivity contribution in [1.82, 2.24) is 15.4 Å². The Labute approximate surface area is 124 Å². The molecule has 1 aromatic carbocycles. The van der Waals surface area contributed by atoms with Crippen molar-refractivity contribution in [2.24, 2.45) is 5.92 Å². The second kappa shape index (κ2) is 6.05. The standard InChI is InChI=1S/C14H13F3N4O/c1-8(2)7-22-11-4-9(3-10(5-11)14(15,16)17)13-12(6-18)19-21-20-13/h3-5,8H,7H2,1-2H3,(H,19,20,21). The average molecular weight is 310 g/mol. The predicted molar refractivity (Wildman–Crippen MR) is 71.9 cm³/mol. The number of aromatic amines is 1. The molecule has 1 heterocycles. The zero-order valence-electron chi connectivity index (χ0n) is 11.9. The van der Waals surface area contributed by atoms with E-state index in [0.29, 0.717) is 0 Å². The molecule has 0 fully saturated rings. The number of H-pyrrole nitrogens is 1. The Morgan fingerprint density at radius 3 is 2.64 bits per heavy atom. The molecule has 22 heavy (non-hydrogen) atoms. The second-order valence-corrected chi connectivity index (χ2v) is 5.10. The Morgan fingerprint density at radius 1 is 1.32 bits per heavy atom. The number of halogens is 3. The van der Waals surface area contributed by atoms with Gasteiger partial charge in [-0.3, -0.25) is 0 Å². The first-order valence-electron chi connectivity index (χ1n) is 6.48. The van der Waals surface area contributed by atoms with Gasteiger partial charge in [0.2, 0.25) is 0 Å². The van der Waals surface area contributed by atoms with Crippen LogP contribution < -0.4 is 4.74 Å². The minimum atomic E-state index is -4.53. The lowest BCUT2D eigenvalue weighted by atomic mass is 10.1. The van der Waals surface area contributed by atoms with Crippen molar-refractivity contribution >= 4 is 0 Å². The number of nitrogens with zero attached hydrogens (tertiary/aromatic N) is 3. The number of nitriles is 1. The van der Waals surface area contributed by atoms with Gasteiger partial charge in [-0.15, -0.1) is 5.10 Å². The van der Waals surface area contributed by atoms with Crippen molar-refractivity contribution < 1.29 is 17.9 Å². The third-order valence-corrected chi connectivity index (χ3v) is 2.75. The largest absolute Gasteiger partial charge is 0.493 e. The molecule has 0 saturated heterocycles. The minimum Gasteiger partial charge on any atom is -0.493 e. The van der Waals surface area contributed by atoms with E-state index in [1.807, 2.05) is 13.8 Å². The second-order valence-electron chi connectivity index (χ2n) is 5.10. The minimum absolute atomic E-state index is 0.00543. The summed E-state index contributed by atoms with van der Waals surface area (Å²) in [5.41, 5.74) is -0.688. The average Bonchev–Trinajstić information content (AvgIpc) is 2.92. The van der Waals surface area contributed by atoms with Crippen LogP contribution in [0, 0.1) is 17.2 Å². The van der Waals surface area contributed by atoms with E-state index in [2.05, 4.69) is 15.4 Å². The number of hydrogen-bond acceptors (Lipinski definition) is 4. The third kappa shape index (κ3) is 3.55. The van der Waals surface area contributed by atoms with Gasteiger partial charge >= 0.3 is 6.18 Å². The van der Waals surface area contributed by atoms with Crippen LogP contribution in [0.4, 0.5) is 13.2 Å². The number of ether oxygens (including phenoxy) is 1. The van der Waals surface area contributed by atoms with Crippen molar-refractivity contribution in [3.8, 4) is 23.1 Å². The molecular formula is C14H13F3N4O. The highest BCUT2D eigenvalue weighted by molar-refractivity contribution is 5.66. The van der Waals surface area contributed by atoms with E-state index < -0.39 is 11.7 Å². The van der Waals surface area contributed by atoms with Gasteiger partial charge in [0.1, 0.15) is 17.5 Å². The molecule has 0 atom stereocenters. The molecule has 0 aliphatic heterocycles. The zero-order chi connectivity index (χ0) is 16.3. The Kier molecular flexibility index (Phi) is 4.35. The van der Waals surface area contributed by atoms with Gasteiger partial charge in [0.05, 0.1) is 12.2 Å². The molecule has 0 bridgehead atoms. The van der Waals surface area contributed by atoms with Crippen LogP contribution in [0.25, 0.3) is 11.3 Å². The predicted octanol–water partition coefficient (Wildman–Crippen LogP) is 3.40. The molecule has 116 valence electrons. The van der Waals surface area contributed by atoms with E-state index in [-0.39, 0.29) is 35.2 Å². The summed E-state index contributed by atoms with van der Waals surface area (Å²) in [7, 11) is 0.